The van der Waals surface area contributed by atoms with E-state index in [0.717, 1.165) is 16.9 Å². The van der Waals surface area contributed by atoms with Crippen molar-refractivity contribution in [2.75, 3.05) is 5.32 Å². The van der Waals surface area contributed by atoms with Crippen LogP contribution < -0.4 is 10.1 Å². The largest absolute Gasteiger partial charge is 0.422 e. The number of hydrogen-bond acceptors (Lipinski definition) is 7. The zero-order valence-corrected chi connectivity index (χ0v) is 15.6. The van der Waals surface area contributed by atoms with Crippen molar-refractivity contribution in [1.82, 2.24) is 19.9 Å². The highest BCUT2D eigenvalue weighted by Gasteiger charge is 2.11. The average molecular weight is 383 g/mol. The monoisotopic (exact) mass is 383 g/mol. The first-order valence-corrected chi connectivity index (χ1v) is 8.94. The van der Waals surface area contributed by atoms with E-state index in [1.54, 1.807) is 18.2 Å². The van der Waals surface area contributed by atoms with Gasteiger partial charge in [-0.15, -0.1) is 0 Å². The highest BCUT2D eigenvalue weighted by Crippen LogP contribution is 2.24. The van der Waals surface area contributed by atoms with E-state index in [-0.39, 0.29) is 5.69 Å². The summed E-state index contributed by atoms with van der Waals surface area (Å²) in [5, 5.41) is 3.24. The van der Waals surface area contributed by atoms with Gasteiger partial charge < -0.3 is 10.1 Å². The van der Waals surface area contributed by atoms with Crippen LogP contribution in [0, 0.1) is 6.92 Å². The van der Waals surface area contributed by atoms with Crippen LogP contribution in [0.5, 0.6) is 5.75 Å². The molecule has 0 atom stereocenters. The lowest BCUT2D eigenvalue weighted by molar-refractivity contribution is 0.0728. The minimum Gasteiger partial charge on any atom is -0.422 e. The Labute approximate surface area is 167 Å². The molecule has 0 aliphatic rings. The second kappa shape index (κ2) is 8.26. The fourth-order valence-electron chi connectivity index (χ4n) is 2.74. The Hall–Kier alpha value is -4.13. The number of ether oxygens (including phenoxy) is 1. The summed E-state index contributed by atoms with van der Waals surface area (Å²) < 4.78 is 5.38. The molecule has 0 unspecified atom stereocenters. The maximum absolute atomic E-state index is 12.2. The molecule has 142 valence electrons. The molecule has 0 amide bonds. The van der Waals surface area contributed by atoms with Crippen molar-refractivity contribution in [1.29, 1.82) is 0 Å². The number of aryl methyl sites for hydroxylation is 1. The number of nitrogens with one attached hydrogen (secondary N) is 1. The first kappa shape index (κ1) is 18.2. The van der Waals surface area contributed by atoms with Crippen molar-refractivity contribution in [2.24, 2.45) is 0 Å². The smallest absolute Gasteiger partial charge is 0.363 e. The summed E-state index contributed by atoms with van der Waals surface area (Å²) in [5.41, 5.74) is 2.70. The second-order valence-corrected chi connectivity index (χ2v) is 6.18. The molecular weight excluding hydrogens is 366 g/mol. The molecule has 0 saturated heterocycles. The van der Waals surface area contributed by atoms with Gasteiger partial charge in [-0.1, -0.05) is 36.4 Å². The van der Waals surface area contributed by atoms with E-state index in [9.17, 15) is 4.79 Å². The van der Waals surface area contributed by atoms with E-state index in [1.807, 2.05) is 49.4 Å². The predicted molar refractivity (Wildman–Crippen MR) is 109 cm³/mol. The molecule has 4 aromatic rings. The molecule has 0 aliphatic carbocycles. The number of hydrogen-bond donors (Lipinski definition) is 1. The average Bonchev–Trinajstić information content (AvgIpc) is 2.75. The highest BCUT2D eigenvalue weighted by molar-refractivity contribution is 5.88. The number of esters is 1. The first-order valence-electron chi connectivity index (χ1n) is 8.94. The van der Waals surface area contributed by atoms with Crippen molar-refractivity contribution in [2.45, 2.75) is 6.92 Å². The molecule has 0 fully saturated rings. The topological polar surface area (TPSA) is 89.9 Å². The van der Waals surface area contributed by atoms with Crippen LogP contribution in [0.3, 0.4) is 0 Å². The summed E-state index contributed by atoms with van der Waals surface area (Å²) >= 11 is 0. The van der Waals surface area contributed by atoms with Gasteiger partial charge in [-0.25, -0.2) is 19.7 Å². The minimum atomic E-state index is -0.570. The van der Waals surface area contributed by atoms with Gasteiger partial charge in [0, 0.05) is 35.8 Å². The van der Waals surface area contributed by atoms with Gasteiger partial charge >= 0.3 is 5.97 Å². The van der Waals surface area contributed by atoms with Gasteiger partial charge in [0.05, 0.1) is 11.9 Å². The van der Waals surface area contributed by atoms with Gasteiger partial charge in [-0.2, -0.15) is 0 Å². The fourth-order valence-corrected chi connectivity index (χ4v) is 2.74. The zero-order valence-electron chi connectivity index (χ0n) is 15.6. The molecule has 7 nitrogen and oxygen atoms in total. The van der Waals surface area contributed by atoms with Crippen molar-refractivity contribution in [3.05, 3.63) is 90.8 Å². The van der Waals surface area contributed by atoms with Gasteiger partial charge in [0.25, 0.3) is 0 Å². The standard InChI is InChI=1S/C22H17N5O2/c1-15-25-19(16-6-3-2-4-7-16)13-21(26-15)27-17-8-5-9-18(12-17)29-22(28)20-14-23-10-11-24-20/h2-14H,1H3,(H,25,26,27). The number of carbonyl (C=O) groups is 1. The number of nitrogens with zero attached hydrogens (tertiary/aromatic N) is 4. The maximum Gasteiger partial charge on any atom is 0.363 e. The van der Waals surface area contributed by atoms with Crippen LogP contribution >= 0.6 is 0 Å². The van der Waals surface area contributed by atoms with Crippen molar-refractivity contribution in [3.63, 3.8) is 0 Å². The lowest BCUT2D eigenvalue weighted by atomic mass is 10.1. The quantitative estimate of drug-likeness (QED) is 0.408. The Morgan fingerprint density at radius 1 is 0.966 bits per heavy atom. The summed E-state index contributed by atoms with van der Waals surface area (Å²) in [7, 11) is 0. The molecular formula is C22H17N5O2. The van der Waals surface area contributed by atoms with Crippen LogP contribution in [0.2, 0.25) is 0 Å². The highest BCUT2D eigenvalue weighted by atomic mass is 16.5. The van der Waals surface area contributed by atoms with Crippen LogP contribution in [0.25, 0.3) is 11.3 Å². The lowest BCUT2D eigenvalue weighted by Crippen LogP contribution is -2.10. The second-order valence-electron chi connectivity index (χ2n) is 6.18. The third-order valence-corrected chi connectivity index (χ3v) is 4.00. The Morgan fingerprint density at radius 2 is 1.83 bits per heavy atom. The molecule has 7 heteroatoms. The molecule has 2 aromatic heterocycles. The molecule has 0 saturated carbocycles. The van der Waals surface area contributed by atoms with Crippen molar-refractivity contribution in [3.8, 4) is 17.0 Å². The SMILES string of the molecule is Cc1nc(Nc2cccc(OC(=O)c3cnccn3)c2)cc(-c2ccccc2)n1. The van der Waals surface area contributed by atoms with Gasteiger partial charge in [0.1, 0.15) is 17.4 Å². The Morgan fingerprint density at radius 3 is 2.62 bits per heavy atom. The number of benzene rings is 2. The third kappa shape index (κ3) is 4.59. The molecule has 4 rings (SSSR count). The molecule has 0 bridgehead atoms. The lowest BCUT2D eigenvalue weighted by Gasteiger charge is -2.10. The van der Waals surface area contributed by atoms with E-state index in [2.05, 4.69) is 25.3 Å². The molecule has 1 N–H and O–H groups in total. The van der Waals surface area contributed by atoms with E-state index < -0.39 is 5.97 Å². The van der Waals surface area contributed by atoms with Gasteiger partial charge in [-0.05, 0) is 19.1 Å². The van der Waals surface area contributed by atoms with Crippen molar-refractivity contribution >= 4 is 17.5 Å². The van der Waals surface area contributed by atoms with E-state index >= 15 is 0 Å². The molecule has 0 radical (unpaired) electrons. The summed E-state index contributed by atoms with van der Waals surface area (Å²) in [6, 6.07) is 18.8. The molecule has 0 spiro atoms. The summed E-state index contributed by atoms with van der Waals surface area (Å²) in [5.74, 6) is 1.12. The number of rotatable bonds is 5. The van der Waals surface area contributed by atoms with Gasteiger partial charge in [0.15, 0.2) is 5.69 Å². The number of anilines is 2. The molecule has 0 aliphatic heterocycles. The fraction of sp³-hybridized carbons (Fsp3) is 0.0455. The zero-order chi connectivity index (χ0) is 20.1. The summed E-state index contributed by atoms with van der Waals surface area (Å²) in [4.78, 5) is 28.9. The minimum absolute atomic E-state index is 0.143. The van der Waals surface area contributed by atoms with Gasteiger partial charge in [-0.3, -0.25) is 4.98 Å². The summed E-state index contributed by atoms with van der Waals surface area (Å²) in [6.45, 7) is 1.84. The van der Waals surface area contributed by atoms with Crippen LogP contribution in [-0.2, 0) is 0 Å². The first-order chi connectivity index (χ1) is 14.2. The Kier molecular flexibility index (Phi) is 5.20. The van der Waals surface area contributed by atoms with Crippen LogP contribution in [0.15, 0.2) is 79.3 Å². The van der Waals surface area contributed by atoms with Crippen LogP contribution in [0.4, 0.5) is 11.5 Å². The van der Waals surface area contributed by atoms with Crippen molar-refractivity contribution < 1.29 is 9.53 Å². The molecule has 2 aromatic carbocycles. The van der Waals surface area contributed by atoms with Gasteiger partial charge in [0.2, 0.25) is 0 Å². The van der Waals surface area contributed by atoms with E-state index in [4.69, 9.17) is 4.74 Å². The third-order valence-electron chi connectivity index (χ3n) is 4.00. The number of carbonyl (C=O) groups excluding carboxylic acids is 1. The molecule has 2 heterocycles. The van der Waals surface area contributed by atoms with Crippen LogP contribution in [-0.4, -0.2) is 25.9 Å². The number of aromatic nitrogens is 4. The van der Waals surface area contributed by atoms with Crippen LogP contribution in [0.1, 0.15) is 16.3 Å². The maximum atomic E-state index is 12.2. The van der Waals surface area contributed by atoms with E-state index in [1.165, 1.54) is 18.6 Å². The molecule has 29 heavy (non-hydrogen) atoms. The Balaban J connectivity index is 1.54. The predicted octanol–water partition coefficient (Wildman–Crippen LogP) is 4.20. The van der Waals surface area contributed by atoms with E-state index in [0.29, 0.717) is 17.4 Å². The summed E-state index contributed by atoms with van der Waals surface area (Å²) in [6.07, 6.45) is 4.30. The normalized spacial score (nSPS) is 10.4. The Bertz CT molecular complexity index is 1130.